The number of thioether (sulfide) groups is 1. The first-order chi connectivity index (χ1) is 16.5. The minimum atomic E-state index is -1.20. The van der Waals surface area contributed by atoms with Gasteiger partial charge in [0.25, 0.3) is 5.91 Å². The number of hydrogen-bond acceptors (Lipinski definition) is 7. The summed E-state index contributed by atoms with van der Waals surface area (Å²) in [5.74, 6) is -3.04. The molecular formula is C24H31N3O7S. The number of aliphatic carboxylic acids is 1. The van der Waals surface area contributed by atoms with Crippen molar-refractivity contribution in [2.24, 2.45) is 5.41 Å². The lowest BCUT2D eigenvalue weighted by atomic mass is 9.98. The third-order valence-electron chi connectivity index (χ3n) is 5.86. The van der Waals surface area contributed by atoms with E-state index in [0.717, 1.165) is 22.3 Å². The highest BCUT2D eigenvalue weighted by Crippen LogP contribution is 2.26. The number of carboxylic acid groups (broad SMARTS) is 1. The number of carboxylic acids is 1. The third-order valence-corrected chi connectivity index (χ3v) is 6.89. The van der Waals surface area contributed by atoms with Gasteiger partial charge < -0.3 is 15.2 Å². The molecule has 1 aromatic rings. The molecule has 0 aliphatic carbocycles. The summed E-state index contributed by atoms with van der Waals surface area (Å²) < 4.78 is 5.32. The fourth-order valence-corrected chi connectivity index (χ4v) is 4.78. The van der Waals surface area contributed by atoms with Gasteiger partial charge in [0.15, 0.2) is 6.04 Å². The van der Waals surface area contributed by atoms with Gasteiger partial charge in [-0.25, -0.2) is 9.80 Å². The molecule has 0 spiro atoms. The maximum atomic E-state index is 13.3. The Kier molecular flexibility index (Phi) is 8.42. The lowest BCUT2D eigenvalue weighted by Gasteiger charge is -2.30. The second kappa shape index (κ2) is 11.1. The quantitative estimate of drug-likeness (QED) is 0.402. The molecule has 0 saturated carbocycles. The van der Waals surface area contributed by atoms with Crippen molar-refractivity contribution in [1.29, 1.82) is 0 Å². The number of amides is 3. The van der Waals surface area contributed by atoms with Gasteiger partial charge in [0.2, 0.25) is 11.8 Å². The van der Waals surface area contributed by atoms with Crippen molar-refractivity contribution in [3.63, 3.8) is 0 Å². The number of esters is 1. The molecular weight excluding hydrogens is 474 g/mol. The molecule has 1 unspecified atom stereocenters. The van der Waals surface area contributed by atoms with Crippen molar-refractivity contribution in [3.8, 4) is 0 Å². The highest BCUT2D eigenvalue weighted by atomic mass is 32.2. The van der Waals surface area contributed by atoms with Crippen LogP contribution in [-0.2, 0) is 35.1 Å². The Morgan fingerprint density at radius 3 is 2.49 bits per heavy atom. The van der Waals surface area contributed by atoms with Gasteiger partial charge in [-0.1, -0.05) is 30.3 Å². The van der Waals surface area contributed by atoms with Gasteiger partial charge in [-0.05, 0) is 39.2 Å². The molecule has 35 heavy (non-hydrogen) atoms. The largest absolute Gasteiger partial charge is 0.480 e. The molecule has 2 N–H and O–H groups in total. The van der Waals surface area contributed by atoms with E-state index in [-0.39, 0.29) is 37.7 Å². The van der Waals surface area contributed by atoms with Crippen molar-refractivity contribution in [2.45, 2.75) is 63.8 Å². The smallest absolute Gasteiger partial charge is 0.328 e. The molecule has 1 aromatic carbocycles. The van der Waals surface area contributed by atoms with Crippen LogP contribution in [0.2, 0.25) is 0 Å². The highest BCUT2D eigenvalue weighted by molar-refractivity contribution is 8.00. The molecule has 3 atom stereocenters. The van der Waals surface area contributed by atoms with Crippen molar-refractivity contribution in [1.82, 2.24) is 15.3 Å². The average Bonchev–Trinajstić information content (AvgIpc) is 3.21. The van der Waals surface area contributed by atoms with Crippen LogP contribution in [0.1, 0.15) is 45.6 Å². The number of benzene rings is 1. The number of fused-ring (bicyclic) bond motifs is 1. The molecule has 11 heteroatoms. The first kappa shape index (κ1) is 26.5. The Morgan fingerprint density at radius 1 is 1.17 bits per heavy atom. The van der Waals surface area contributed by atoms with Gasteiger partial charge in [-0.3, -0.25) is 24.2 Å². The molecule has 3 rings (SSSR count). The minimum absolute atomic E-state index is 0.0131. The van der Waals surface area contributed by atoms with Crippen molar-refractivity contribution in [3.05, 3.63) is 35.9 Å². The lowest BCUT2D eigenvalue weighted by molar-refractivity contribution is -0.166. The van der Waals surface area contributed by atoms with Crippen molar-refractivity contribution < 1.29 is 33.8 Å². The Labute approximate surface area is 208 Å². The molecule has 10 nitrogen and oxygen atoms in total. The van der Waals surface area contributed by atoms with E-state index < -0.39 is 46.5 Å². The van der Waals surface area contributed by atoms with Crippen LogP contribution in [0.4, 0.5) is 0 Å². The molecule has 0 aromatic heterocycles. The van der Waals surface area contributed by atoms with Gasteiger partial charge in [0.05, 0.1) is 10.7 Å². The Hall–Kier alpha value is -3.08. The molecule has 2 aliphatic heterocycles. The number of rotatable bonds is 8. The van der Waals surface area contributed by atoms with Gasteiger partial charge in [-0.15, -0.1) is 11.8 Å². The van der Waals surface area contributed by atoms with E-state index in [4.69, 9.17) is 4.74 Å². The summed E-state index contributed by atoms with van der Waals surface area (Å²) >= 11 is 1.14. The second-order valence-electron chi connectivity index (χ2n) is 9.59. The Morgan fingerprint density at radius 2 is 1.86 bits per heavy atom. The topological polar surface area (TPSA) is 133 Å². The third kappa shape index (κ3) is 6.53. The van der Waals surface area contributed by atoms with Crippen molar-refractivity contribution in [2.75, 3.05) is 12.5 Å². The van der Waals surface area contributed by atoms with Crippen LogP contribution in [0.15, 0.2) is 30.3 Å². The summed E-state index contributed by atoms with van der Waals surface area (Å²) in [4.78, 5) is 62.7. The molecule has 2 fully saturated rings. The van der Waals surface area contributed by atoms with Crippen LogP contribution in [-0.4, -0.2) is 74.6 Å². The maximum Gasteiger partial charge on any atom is 0.328 e. The van der Waals surface area contributed by atoms with Crippen LogP contribution >= 0.6 is 11.8 Å². The highest BCUT2D eigenvalue weighted by Gasteiger charge is 2.47. The normalized spacial score (nSPS) is 21.2. The summed E-state index contributed by atoms with van der Waals surface area (Å²) in [5.41, 5.74) is 0.209. The van der Waals surface area contributed by atoms with Crippen LogP contribution in [0.5, 0.6) is 0 Å². The zero-order valence-corrected chi connectivity index (χ0v) is 20.9. The van der Waals surface area contributed by atoms with E-state index in [1.165, 1.54) is 5.01 Å². The van der Waals surface area contributed by atoms with Crippen molar-refractivity contribution >= 4 is 41.4 Å². The summed E-state index contributed by atoms with van der Waals surface area (Å²) in [5, 5.41) is 13.7. The summed E-state index contributed by atoms with van der Waals surface area (Å²) in [6.07, 6.45) is 0.556. The molecule has 3 amide bonds. The first-order valence-corrected chi connectivity index (χ1v) is 12.5. The zero-order chi connectivity index (χ0) is 25.8. The van der Waals surface area contributed by atoms with Crippen LogP contribution in [0.3, 0.4) is 0 Å². The number of ether oxygens (including phenoxy) is 1. The molecule has 2 aliphatic rings. The molecule has 2 heterocycles. The Balaban J connectivity index is 1.73. The van der Waals surface area contributed by atoms with Crippen LogP contribution in [0.25, 0.3) is 0 Å². The van der Waals surface area contributed by atoms with E-state index in [1.54, 1.807) is 20.8 Å². The SMILES string of the molecule is CC(C)(C)C(=O)OCS[C@H](Cc1ccccc1)C(=O)NC1CCC(=O)N2CC[C@@H](C(=O)O)N2C1=O. The van der Waals surface area contributed by atoms with Gasteiger partial charge >= 0.3 is 11.9 Å². The van der Waals surface area contributed by atoms with Gasteiger partial charge in [0, 0.05) is 19.4 Å². The summed E-state index contributed by atoms with van der Waals surface area (Å²) in [6, 6.07) is 7.13. The van der Waals surface area contributed by atoms with Crippen LogP contribution in [0, 0.1) is 5.41 Å². The van der Waals surface area contributed by atoms with E-state index in [9.17, 15) is 29.1 Å². The molecule has 0 bridgehead atoms. The van der Waals surface area contributed by atoms with Crippen LogP contribution < -0.4 is 5.32 Å². The van der Waals surface area contributed by atoms with E-state index >= 15 is 0 Å². The van der Waals surface area contributed by atoms with Gasteiger partial charge in [0.1, 0.15) is 12.0 Å². The maximum absolute atomic E-state index is 13.3. The fourth-order valence-electron chi connectivity index (χ4n) is 3.91. The molecule has 190 valence electrons. The Bertz CT molecular complexity index is 979. The number of nitrogens with zero attached hydrogens (tertiary/aromatic N) is 2. The molecule has 0 radical (unpaired) electrons. The van der Waals surface area contributed by atoms with E-state index in [2.05, 4.69) is 5.32 Å². The predicted molar refractivity (Wildman–Crippen MR) is 128 cm³/mol. The number of nitrogens with one attached hydrogen (secondary N) is 1. The number of hydrazine groups is 1. The number of carbonyl (C=O) groups excluding carboxylic acids is 4. The first-order valence-electron chi connectivity index (χ1n) is 11.5. The minimum Gasteiger partial charge on any atom is -0.480 e. The average molecular weight is 506 g/mol. The second-order valence-corrected chi connectivity index (χ2v) is 10.7. The van der Waals surface area contributed by atoms with Gasteiger partial charge in [-0.2, -0.15) is 0 Å². The summed E-state index contributed by atoms with van der Waals surface area (Å²) in [6.45, 7) is 5.35. The molecule has 2 saturated heterocycles. The summed E-state index contributed by atoms with van der Waals surface area (Å²) in [7, 11) is 0. The fraction of sp³-hybridized carbons (Fsp3) is 0.542. The number of carbonyl (C=O) groups is 5. The monoisotopic (exact) mass is 505 g/mol. The standard InChI is InChI=1S/C24H31N3O7S/c1-24(2,3)23(33)34-14-35-18(13-15-7-5-4-6-8-15)20(29)25-16-9-10-19(28)26-12-11-17(22(31)32)27(26)21(16)30/h4-8,16-18H,9-14H2,1-3H3,(H,25,29)(H,31,32)/t16?,17-,18+/m0/s1. The predicted octanol–water partition coefficient (Wildman–Crippen LogP) is 1.59. The van der Waals surface area contributed by atoms with E-state index in [0.29, 0.717) is 6.42 Å². The lowest BCUT2D eigenvalue weighted by Crippen LogP contribution is -2.55. The number of hydrogen-bond donors (Lipinski definition) is 2. The zero-order valence-electron chi connectivity index (χ0n) is 20.1. The van der Waals surface area contributed by atoms with E-state index in [1.807, 2.05) is 30.3 Å².